The zero-order valence-corrected chi connectivity index (χ0v) is 24.0. The standard InChI is InChI=1S/C32H37NO9/c1-4-28(36)41-21-32(2,3)29(37)30(38)33-18-9-8-15-25(33)31(39)42-26(17-16-22-11-6-5-7-12-22)23-13-10-14-24(19-23)40-20-27(34)35/h4-7,10-14,19,25-26H,1,8-9,15-18,20-21H2,2-3H3,(H,34,35)/t25-,26+/m0/s1. The molecule has 0 aromatic heterocycles. The number of ether oxygens (including phenoxy) is 3. The van der Waals surface area contributed by atoms with Crippen molar-refractivity contribution in [3.8, 4) is 5.75 Å². The van der Waals surface area contributed by atoms with E-state index < -0.39 is 53.8 Å². The summed E-state index contributed by atoms with van der Waals surface area (Å²) in [6.07, 6.45) is 2.87. The average Bonchev–Trinajstić information content (AvgIpc) is 3.00. The van der Waals surface area contributed by atoms with Gasteiger partial charge in [0.1, 0.15) is 24.5 Å². The molecule has 1 fully saturated rings. The summed E-state index contributed by atoms with van der Waals surface area (Å²) in [5, 5.41) is 8.97. The SMILES string of the molecule is C=CC(=O)OCC(C)(C)C(=O)C(=O)N1CCCC[C@H]1C(=O)O[C@H](CCc1ccccc1)c1cccc(OCC(=O)O)c1. The van der Waals surface area contributed by atoms with Crippen molar-refractivity contribution in [1.82, 2.24) is 4.90 Å². The van der Waals surface area contributed by atoms with Crippen LogP contribution in [-0.4, -0.2) is 65.4 Å². The highest BCUT2D eigenvalue weighted by molar-refractivity contribution is 6.38. The summed E-state index contributed by atoms with van der Waals surface area (Å²) in [7, 11) is 0. The van der Waals surface area contributed by atoms with Gasteiger partial charge in [-0.1, -0.05) is 49.0 Å². The second-order valence-electron chi connectivity index (χ2n) is 10.7. The molecule has 0 unspecified atom stereocenters. The third-order valence-electron chi connectivity index (χ3n) is 6.98. The van der Waals surface area contributed by atoms with Crippen LogP contribution in [0.4, 0.5) is 0 Å². The zero-order valence-electron chi connectivity index (χ0n) is 24.0. The fourth-order valence-corrected chi connectivity index (χ4v) is 4.62. The van der Waals surface area contributed by atoms with Gasteiger partial charge in [0, 0.05) is 12.6 Å². The minimum Gasteiger partial charge on any atom is -0.482 e. The van der Waals surface area contributed by atoms with Gasteiger partial charge in [0.05, 0.1) is 5.41 Å². The Hall–Kier alpha value is -4.47. The molecule has 2 aromatic rings. The Kier molecular flexibility index (Phi) is 11.4. The number of carboxylic acids is 1. The molecule has 224 valence electrons. The minimum absolute atomic E-state index is 0.208. The third-order valence-corrected chi connectivity index (χ3v) is 6.98. The lowest BCUT2D eigenvalue weighted by Gasteiger charge is -2.36. The summed E-state index contributed by atoms with van der Waals surface area (Å²) >= 11 is 0. The van der Waals surface area contributed by atoms with E-state index in [2.05, 4.69) is 6.58 Å². The van der Waals surface area contributed by atoms with E-state index in [-0.39, 0.29) is 13.2 Å². The molecule has 1 amide bonds. The van der Waals surface area contributed by atoms with Crippen molar-refractivity contribution < 1.29 is 43.3 Å². The highest BCUT2D eigenvalue weighted by Gasteiger charge is 2.42. The van der Waals surface area contributed by atoms with Crippen molar-refractivity contribution in [2.75, 3.05) is 19.8 Å². The molecule has 10 nitrogen and oxygen atoms in total. The number of nitrogens with zero attached hydrogens (tertiary/aromatic N) is 1. The second-order valence-corrected chi connectivity index (χ2v) is 10.7. The van der Waals surface area contributed by atoms with Gasteiger partial charge in [0.15, 0.2) is 6.61 Å². The number of benzene rings is 2. The van der Waals surface area contributed by atoms with Crippen LogP contribution in [0.3, 0.4) is 0 Å². The van der Waals surface area contributed by atoms with Crippen molar-refractivity contribution in [2.45, 2.75) is 58.1 Å². The van der Waals surface area contributed by atoms with E-state index in [4.69, 9.17) is 19.3 Å². The number of amides is 1. The summed E-state index contributed by atoms with van der Waals surface area (Å²) in [5.41, 5.74) is 0.337. The molecular weight excluding hydrogens is 542 g/mol. The summed E-state index contributed by atoms with van der Waals surface area (Å²) in [6, 6.07) is 15.4. The number of aliphatic carboxylic acids is 1. The molecule has 1 saturated heterocycles. The summed E-state index contributed by atoms with van der Waals surface area (Å²) < 4.78 is 16.4. The van der Waals surface area contributed by atoms with Crippen molar-refractivity contribution in [3.63, 3.8) is 0 Å². The van der Waals surface area contributed by atoms with Crippen LogP contribution >= 0.6 is 0 Å². The number of carboxylic acid groups (broad SMARTS) is 1. The molecule has 3 rings (SSSR count). The van der Waals surface area contributed by atoms with Crippen LogP contribution in [0.5, 0.6) is 5.75 Å². The summed E-state index contributed by atoms with van der Waals surface area (Å²) in [4.78, 5) is 63.9. The number of hydrogen-bond acceptors (Lipinski definition) is 8. The topological polar surface area (TPSA) is 137 Å². The van der Waals surface area contributed by atoms with Gasteiger partial charge in [-0.25, -0.2) is 14.4 Å². The van der Waals surface area contributed by atoms with E-state index in [1.807, 2.05) is 30.3 Å². The molecule has 10 heteroatoms. The Morgan fingerprint density at radius 1 is 1.07 bits per heavy atom. The molecule has 2 atom stereocenters. The second kappa shape index (κ2) is 15.0. The van der Waals surface area contributed by atoms with Gasteiger partial charge < -0.3 is 24.2 Å². The number of esters is 2. The first kappa shape index (κ1) is 32.0. The maximum atomic E-state index is 13.6. The van der Waals surface area contributed by atoms with Crippen molar-refractivity contribution >= 4 is 29.6 Å². The Bertz CT molecular complexity index is 1290. The Balaban J connectivity index is 1.80. The first-order chi connectivity index (χ1) is 20.0. The van der Waals surface area contributed by atoms with Crippen molar-refractivity contribution in [1.29, 1.82) is 0 Å². The number of carbonyl (C=O) groups is 5. The van der Waals surface area contributed by atoms with Gasteiger partial charge in [-0.2, -0.15) is 0 Å². The first-order valence-corrected chi connectivity index (χ1v) is 13.9. The van der Waals surface area contributed by atoms with E-state index in [0.29, 0.717) is 43.4 Å². The molecule has 0 bridgehead atoms. The number of rotatable bonds is 14. The molecule has 0 spiro atoms. The molecule has 1 N–H and O–H groups in total. The smallest absolute Gasteiger partial charge is 0.341 e. The number of aryl methyl sites for hydroxylation is 1. The normalized spacial score (nSPS) is 15.7. The van der Waals surface area contributed by atoms with E-state index in [0.717, 1.165) is 11.6 Å². The van der Waals surface area contributed by atoms with Crippen LogP contribution in [0.15, 0.2) is 67.3 Å². The van der Waals surface area contributed by atoms with Crippen molar-refractivity contribution in [3.05, 3.63) is 78.4 Å². The molecule has 0 aliphatic carbocycles. The largest absolute Gasteiger partial charge is 0.482 e. The Morgan fingerprint density at radius 2 is 1.81 bits per heavy atom. The summed E-state index contributed by atoms with van der Waals surface area (Å²) in [6.45, 7) is 5.70. The molecule has 1 heterocycles. The van der Waals surface area contributed by atoms with Crippen LogP contribution in [0.1, 0.15) is 56.8 Å². The van der Waals surface area contributed by atoms with Gasteiger partial charge in [-0.15, -0.1) is 0 Å². The number of piperidine rings is 1. The monoisotopic (exact) mass is 579 g/mol. The van der Waals surface area contributed by atoms with E-state index in [1.54, 1.807) is 24.3 Å². The zero-order chi connectivity index (χ0) is 30.7. The molecule has 42 heavy (non-hydrogen) atoms. The molecule has 0 saturated carbocycles. The molecule has 0 radical (unpaired) electrons. The van der Waals surface area contributed by atoms with E-state index in [1.165, 1.54) is 18.7 Å². The maximum absolute atomic E-state index is 13.6. The van der Waals surface area contributed by atoms with Crippen LogP contribution in [0.2, 0.25) is 0 Å². The highest BCUT2D eigenvalue weighted by Crippen LogP contribution is 2.30. The van der Waals surface area contributed by atoms with Gasteiger partial charge in [0.2, 0.25) is 5.78 Å². The number of ketones is 1. The molecule has 1 aliphatic rings. The number of likely N-dealkylation sites (tertiary alicyclic amines) is 1. The lowest BCUT2D eigenvalue weighted by atomic mass is 9.87. The Morgan fingerprint density at radius 3 is 2.50 bits per heavy atom. The van der Waals surface area contributed by atoms with Crippen LogP contribution in [0, 0.1) is 5.41 Å². The minimum atomic E-state index is -1.31. The fourth-order valence-electron chi connectivity index (χ4n) is 4.62. The van der Waals surface area contributed by atoms with Gasteiger partial charge in [0.25, 0.3) is 5.91 Å². The van der Waals surface area contributed by atoms with Crippen LogP contribution in [0.25, 0.3) is 0 Å². The summed E-state index contributed by atoms with van der Waals surface area (Å²) in [5.74, 6) is -3.76. The molecule has 2 aromatic carbocycles. The number of hydrogen-bond donors (Lipinski definition) is 1. The first-order valence-electron chi connectivity index (χ1n) is 13.9. The predicted molar refractivity (Wildman–Crippen MR) is 152 cm³/mol. The average molecular weight is 580 g/mol. The fraction of sp³-hybridized carbons (Fsp3) is 0.406. The lowest BCUT2D eigenvalue weighted by molar-refractivity contribution is -0.165. The number of Topliss-reactive ketones (excluding diaryl/α,β-unsaturated/α-hetero) is 1. The van der Waals surface area contributed by atoms with Gasteiger partial charge in [-0.3, -0.25) is 9.59 Å². The molecule has 1 aliphatic heterocycles. The van der Waals surface area contributed by atoms with E-state index in [9.17, 15) is 24.0 Å². The third kappa shape index (κ3) is 9.02. The quantitative estimate of drug-likeness (QED) is 0.199. The van der Waals surface area contributed by atoms with Crippen LogP contribution in [-0.2, 0) is 39.9 Å². The highest BCUT2D eigenvalue weighted by atomic mass is 16.5. The number of carbonyl (C=O) groups excluding carboxylic acids is 4. The predicted octanol–water partition coefficient (Wildman–Crippen LogP) is 4.07. The maximum Gasteiger partial charge on any atom is 0.341 e. The van der Waals surface area contributed by atoms with Crippen LogP contribution < -0.4 is 4.74 Å². The Labute approximate surface area is 245 Å². The van der Waals surface area contributed by atoms with Gasteiger partial charge >= 0.3 is 17.9 Å². The van der Waals surface area contributed by atoms with Gasteiger partial charge in [-0.05, 0) is 69.2 Å². The van der Waals surface area contributed by atoms with Crippen molar-refractivity contribution in [2.24, 2.45) is 5.41 Å². The lowest BCUT2D eigenvalue weighted by Crippen LogP contribution is -2.53. The molecular formula is C32H37NO9. The van der Waals surface area contributed by atoms with E-state index >= 15 is 0 Å².